The van der Waals surface area contributed by atoms with Gasteiger partial charge >= 0.3 is 0 Å². The Bertz CT molecular complexity index is 3270. The molecule has 0 heterocycles. The predicted octanol–water partition coefficient (Wildman–Crippen LogP) is 17.8. The Balaban J connectivity index is 1.22. The van der Waals surface area contributed by atoms with Crippen molar-refractivity contribution in [2.24, 2.45) is 0 Å². The average molecular weight is 866 g/mol. The van der Waals surface area contributed by atoms with Gasteiger partial charge in [-0.2, -0.15) is 0 Å². The van der Waals surface area contributed by atoms with Gasteiger partial charge in [0.2, 0.25) is 0 Å². The van der Waals surface area contributed by atoms with Crippen molar-refractivity contribution in [2.45, 2.75) is 77.0 Å². The van der Waals surface area contributed by atoms with E-state index in [0.29, 0.717) is 0 Å². The van der Waals surface area contributed by atoms with Gasteiger partial charge in [-0.3, -0.25) is 0 Å². The number of benzene rings is 9. The summed E-state index contributed by atoms with van der Waals surface area (Å²) in [6, 6.07) is 80.1. The van der Waals surface area contributed by atoms with Gasteiger partial charge in [0, 0.05) is 22.4 Å². The molecule has 1 nitrogen and oxygen atoms in total. The van der Waals surface area contributed by atoms with Crippen LogP contribution in [0.25, 0.3) is 44.5 Å². The standard InChI is InChI=1S/C66H59N/c1-63(2,3)48-34-38-55-59(41-48)66(46-24-14-10-15-25-46,47-26-16-11-17-27-47)60-42-49(64(4,5)6)40-56(62(55)60)54-29-19-21-31-61(54)67(50-35-32-45(33-36-50)44-22-12-9-13-23-44)51-37-39-53-52-28-18-20-30-57(52)65(7,8)58(53)43-51/h9-43H,1-8H3. The molecular weight excluding hydrogens is 807 g/mol. The van der Waals surface area contributed by atoms with Crippen LogP contribution >= 0.6 is 0 Å². The lowest BCUT2D eigenvalue weighted by Crippen LogP contribution is -2.29. The van der Waals surface area contributed by atoms with Crippen molar-refractivity contribution in [1.82, 2.24) is 0 Å². The van der Waals surface area contributed by atoms with E-state index in [1.54, 1.807) is 0 Å². The van der Waals surface area contributed by atoms with Crippen LogP contribution in [0.4, 0.5) is 17.1 Å². The third kappa shape index (κ3) is 6.81. The number of hydrogen-bond acceptors (Lipinski definition) is 1. The maximum absolute atomic E-state index is 2.55. The quantitative estimate of drug-likeness (QED) is 0.154. The van der Waals surface area contributed by atoms with Crippen LogP contribution < -0.4 is 4.90 Å². The molecule has 2 aliphatic rings. The molecule has 328 valence electrons. The Labute approximate surface area is 398 Å². The normalized spacial score (nSPS) is 14.2. The molecule has 0 saturated heterocycles. The third-order valence-corrected chi connectivity index (χ3v) is 14.9. The second kappa shape index (κ2) is 15.7. The topological polar surface area (TPSA) is 3.24 Å². The summed E-state index contributed by atoms with van der Waals surface area (Å²) in [4.78, 5) is 2.51. The molecule has 0 fully saturated rings. The summed E-state index contributed by atoms with van der Waals surface area (Å²) < 4.78 is 0. The number of para-hydroxylation sites is 1. The van der Waals surface area contributed by atoms with Gasteiger partial charge in [0.15, 0.2) is 0 Å². The lowest BCUT2D eigenvalue weighted by atomic mass is 9.66. The molecule has 0 spiro atoms. The van der Waals surface area contributed by atoms with E-state index in [1.807, 2.05) is 0 Å². The number of fused-ring (bicyclic) bond motifs is 6. The summed E-state index contributed by atoms with van der Waals surface area (Å²) in [6.45, 7) is 18.9. The first kappa shape index (κ1) is 42.4. The molecule has 0 atom stereocenters. The van der Waals surface area contributed by atoms with Gasteiger partial charge in [-0.1, -0.05) is 231 Å². The predicted molar refractivity (Wildman–Crippen MR) is 284 cm³/mol. The Hall–Kier alpha value is -7.22. The van der Waals surface area contributed by atoms with Gasteiger partial charge in [-0.05, 0) is 131 Å². The highest BCUT2D eigenvalue weighted by molar-refractivity contribution is 6.01. The highest BCUT2D eigenvalue weighted by Gasteiger charge is 2.48. The van der Waals surface area contributed by atoms with E-state index in [0.717, 1.165) is 17.1 Å². The fourth-order valence-corrected chi connectivity index (χ4v) is 11.3. The van der Waals surface area contributed by atoms with Crippen LogP contribution in [-0.4, -0.2) is 0 Å². The van der Waals surface area contributed by atoms with Gasteiger partial charge in [0.1, 0.15) is 0 Å². The van der Waals surface area contributed by atoms with E-state index in [4.69, 9.17) is 0 Å². The summed E-state index contributed by atoms with van der Waals surface area (Å²) in [5, 5.41) is 0. The fraction of sp³-hybridized carbons (Fsp3) is 0.182. The summed E-state index contributed by atoms with van der Waals surface area (Å²) in [5.74, 6) is 0. The lowest BCUT2D eigenvalue weighted by molar-refractivity contribution is 0.586. The first-order chi connectivity index (χ1) is 32.3. The number of rotatable bonds is 7. The highest BCUT2D eigenvalue weighted by atomic mass is 15.1. The molecule has 67 heavy (non-hydrogen) atoms. The average Bonchev–Trinajstić information content (AvgIpc) is 3.77. The zero-order chi connectivity index (χ0) is 46.3. The van der Waals surface area contributed by atoms with Gasteiger partial charge < -0.3 is 4.90 Å². The van der Waals surface area contributed by atoms with Gasteiger partial charge in [0.25, 0.3) is 0 Å². The zero-order valence-electron chi connectivity index (χ0n) is 40.2. The first-order valence-corrected chi connectivity index (χ1v) is 24.0. The van der Waals surface area contributed by atoms with Crippen LogP contribution in [0.5, 0.6) is 0 Å². The number of hydrogen-bond donors (Lipinski definition) is 0. The molecule has 9 aromatic carbocycles. The molecule has 2 aliphatic carbocycles. The Morgan fingerprint density at radius 3 is 1.49 bits per heavy atom. The van der Waals surface area contributed by atoms with Crippen LogP contribution in [0, 0.1) is 0 Å². The van der Waals surface area contributed by atoms with Gasteiger partial charge in [-0.15, -0.1) is 0 Å². The van der Waals surface area contributed by atoms with Crippen molar-refractivity contribution in [1.29, 1.82) is 0 Å². The molecule has 0 aliphatic heterocycles. The van der Waals surface area contributed by atoms with Crippen molar-refractivity contribution in [2.75, 3.05) is 4.90 Å². The van der Waals surface area contributed by atoms with E-state index in [1.165, 1.54) is 89.0 Å². The van der Waals surface area contributed by atoms with Crippen LogP contribution in [0.3, 0.4) is 0 Å². The van der Waals surface area contributed by atoms with E-state index in [9.17, 15) is 0 Å². The molecule has 0 N–H and O–H groups in total. The van der Waals surface area contributed by atoms with Crippen molar-refractivity contribution >= 4 is 17.1 Å². The van der Waals surface area contributed by atoms with E-state index >= 15 is 0 Å². The molecule has 0 bridgehead atoms. The molecule has 0 saturated carbocycles. The molecule has 0 radical (unpaired) electrons. The maximum atomic E-state index is 2.55. The molecule has 0 aromatic heterocycles. The number of anilines is 3. The molecule has 0 amide bonds. The minimum Gasteiger partial charge on any atom is -0.310 e. The maximum Gasteiger partial charge on any atom is 0.0713 e. The fourth-order valence-electron chi connectivity index (χ4n) is 11.3. The summed E-state index contributed by atoms with van der Waals surface area (Å²) >= 11 is 0. The van der Waals surface area contributed by atoms with E-state index < -0.39 is 5.41 Å². The smallest absolute Gasteiger partial charge is 0.0713 e. The van der Waals surface area contributed by atoms with Crippen LogP contribution in [0.2, 0.25) is 0 Å². The molecule has 1 heteroatoms. The van der Waals surface area contributed by atoms with Crippen LogP contribution in [-0.2, 0) is 21.7 Å². The summed E-state index contributed by atoms with van der Waals surface area (Å²) in [5.41, 5.74) is 23.2. The summed E-state index contributed by atoms with van der Waals surface area (Å²) in [7, 11) is 0. The lowest BCUT2D eigenvalue weighted by Gasteiger charge is -2.36. The Morgan fingerprint density at radius 2 is 0.851 bits per heavy atom. The highest BCUT2D eigenvalue weighted by Crippen LogP contribution is 2.61. The third-order valence-electron chi connectivity index (χ3n) is 14.9. The molecule has 0 unspecified atom stereocenters. The van der Waals surface area contributed by atoms with Gasteiger partial charge in [0.05, 0.1) is 11.1 Å². The van der Waals surface area contributed by atoms with Crippen LogP contribution in [0.1, 0.15) is 99.9 Å². The van der Waals surface area contributed by atoms with Gasteiger partial charge in [-0.25, -0.2) is 0 Å². The van der Waals surface area contributed by atoms with E-state index in [-0.39, 0.29) is 16.2 Å². The molecule has 11 rings (SSSR count). The molecule has 9 aromatic rings. The van der Waals surface area contributed by atoms with Crippen molar-refractivity contribution in [3.63, 3.8) is 0 Å². The Kier molecular flexibility index (Phi) is 9.94. The second-order valence-corrected chi connectivity index (χ2v) is 21.4. The second-order valence-electron chi connectivity index (χ2n) is 21.4. The largest absolute Gasteiger partial charge is 0.310 e. The molecular formula is C66H59N. The van der Waals surface area contributed by atoms with E-state index in [2.05, 4.69) is 273 Å². The number of nitrogens with zero attached hydrogens (tertiary/aromatic N) is 1. The monoisotopic (exact) mass is 865 g/mol. The van der Waals surface area contributed by atoms with Crippen molar-refractivity contribution in [3.05, 3.63) is 257 Å². The minimum atomic E-state index is -0.563. The van der Waals surface area contributed by atoms with Crippen LogP contribution in [0.15, 0.2) is 212 Å². The van der Waals surface area contributed by atoms with Crippen molar-refractivity contribution < 1.29 is 0 Å². The zero-order valence-corrected chi connectivity index (χ0v) is 40.2. The Morgan fingerprint density at radius 1 is 0.343 bits per heavy atom. The first-order valence-electron chi connectivity index (χ1n) is 24.0. The summed E-state index contributed by atoms with van der Waals surface area (Å²) in [6.07, 6.45) is 0. The minimum absolute atomic E-state index is 0.0444. The SMILES string of the molecule is CC(C)(C)c1ccc2c(c1)C(c1ccccc1)(c1ccccc1)c1cc(C(C)(C)C)cc(-c3ccccc3N(c3ccc(-c4ccccc4)cc3)c3ccc4c(c3)C(C)(C)c3ccccc3-4)c1-2. The van der Waals surface area contributed by atoms with Crippen molar-refractivity contribution in [3.8, 4) is 44.5 Å².